The molecule has 0 radical (unpaired) electrons. The van der Waals surface area contributed by atoms with Crippen LogP contribution in [0, 0.1) is 0 Å². The molecule has 2 amide bonds. The molecule has 0 aromatic heterocycles. The van der Waals surface area contributed by atoms with Crippen molar-refractivity contribution in [1.82, 2.24) is 10.2 Å². The van der Waals surface area contributed by atoms with Crippen molar-refractivity contribution in [2.45, 2.75) is 52.1 Å². The van der Waals surface area contributed by atoms with Gasteiger partial charge in [-0.15, -0.1) is 0 Å². The number of methoxy groups -OCH3 is 3. The molecule has 0 saturated heterocycles. The number of nitrogens with zero attached hydrogens (tertiary/aromatic N) is 1. The Hall–Kier alpha value is -3.22. The lowest BCUT2D eigenvalue weighted by molar-refractivity contribution is -0.140. The summed E-state index contributed by atoms with van der Waals surface area (Å²) in [5.74, 6) is 1.74. The Bertz CT molecular complexity index is 915. The van der Waals surface area contributed by atoms with Crippen molar-refractivity contribution in [1.29, 1.82) is 0 Å². The molecule has 1 unspecified atom stereocenters. The number of hydrogen-bond donors (Lipinski definition) is 1. The van der Waals surface area contributed by atoms with E-state index in [1.807, 2.05) is 42.5 Å². The molecule has 7 nitrogen and oxygen atoms in total. The van der Waals surface area contributed by atoms with Crippen LogP contribution in [0.3, 0.4) is 0 Å². The molecule has 2 aromatic carbocycles. The lowest BCUT2D eigenvalue weighted by Gasteiger charge is -2.29. The molecule has 0 aliphatic heterocycles. The largest absolute Gasteiger partial charge is 0.497 e. The average molecular weight is 457 g/mol. The van der Waals surface area contributed by atoms with Gasteiger partial charge < -0.3 is 24.4 Å². The van der Waals surface area contributed by atoms with Gasteiger partial charge in [-0.05, 0) is 55.2 Å². The van der Waals surface area contributed by atoms with Crippen molar-refractivity contribution >= 4 is 11.8 Å². The summed E-state index contributed by atoms with van der Waals surface area (Å²) in [6.07, 6.45) is 2.69. The van der Waals surface area contributed by atoms with Crippen molar-refractivity contribution in [3.8, 4) is 17.2 Å². The van der Waals surface area contributed by atoms with Gasteiger partial charge >= 0.3 is 0 Å². The first-order valence-electron chi connectivity index (χ1n) is 11.3. The van der Waals surface area contributed by atoms with E-state index >= 15 is 0 Å². The molecule has 180 valence electrons. The maximum atomic E-state index is 13.3. The van der Waals surface area contributed by atoms with Gasteiger partial charge in [-0.25, -0.2) is 0 Å². The third kappa shape index (κ3) is 7.70. The van der Waals surface area contributed by atoms with Crippen LogP contribution in [0.2, 0.25) is 0 Å². The zero-order valence-electron chi connectivity index (χ0n) is 20.3. The second-order valence-corrected chi connectivity index (χ2v) is 7.88. The first kappa shape index (κ1) is 26.0. The standard InChI is InChI=1S/C26H36N2O5/c1-6-7-15-27-26(30)19(2)28(18-21-9-8-10-22(16-21)31-3)25(29)14-12-20-11-13-23(32-4)24(17-20)33-5/h8-11,13,16-17,19H,6-7,12,14-15,18H2,1-5H3,(H,27,30). The minimum absolute atomic E-state index is 0.0919. The highest BCUT2D eigenvalue weighted by molar-refractivity contribution is 5.87. The fourth-order valence-corrected chi connectivity index (χ4v) is 3.52. The lowest BCUT2D eigenvalue weighted by Crippen LogP contribution is -2.47. The minimum Gasteiger partial charge on any atom is -0.497 e. The molecule has 0 heterocycles. The molecule has 0 spiro atoms. The van der Waals surface area contributed by atoms with E-state index in [9.17, 15) is 9.59 Å². The lowest BCUT2D eigenvalue weighted by atomic mass is 10.1. The Kier molecular flexibility index (Phi) is 10.5. The van der Waals surface area contributed by atoms with E-state index in [-0.39, 0.29) is 18.2 Å². The highest BCUT2D eigenvalue weighted by Crippen LogP contribution is 2.28. The highest BCUT2D eigenvalue weighted by Gasteiger charge is 2.26. The van der Waals surface area contributed by atoms with Crippen LogP contribution in [0.5, 0.6) is 17.2 Å². The van der Waals surface area contributed by atoms with Crippen molar-refractivity contribution in [3.05, 3.63) is 53.6 Å². The van der Waals surface area contributed by atoms with Crippen molar-refractivity contribution in [2.24, 2.45) is 0 Å². The zero-order chi connectivity index (χ0) is 24.2. The van der Waals surface area contributed by atoms with Gasteiger partial charge in [-0.1, -0.05) is 31.5 Å². The fraction of sp³-hybridized carbons (Fsp3) is 0.462. The van der Waals surface area contributed by atoms with Crippen LogP contribution in [0.25, 0.3) is 0 Å². The van der Waals surface area contributed by atoms with E-state index in [2.05, 4.69) is 12.2 Å². The van der Waals surface area contributed by atoms with Crippen LogP contribution < -0.4 is 19.5 Å². The number of carbonyl (C=O) groups is 2. The molecular weight excluding hydrogens is 420 g/mol. The van der Waals surface area contributed by atoms with Crippen LogP contribution >= 0.6 is 0 Å². The van der Waals surface area contributed by atoms with E-state index < -0.39 is 6.04 Å². The number of aryl methyl sites for hydroxylation is 1. The monoisotopic (exact) mass is 456 g/mol. The number of rotatable bonds is 13. The summed E-state index contributed by atoms with van der Waals surface area (Å²) < 4.78 is 16.0. The average Bonchev–Trinajstić information content (AvgIpc) is 2.85. The minimum atomic E-state index is -0.592. The molecule has 0 saturated carbocycles. The van der Waals surface area contributed by atoms with E-state index in [4.69, 9.17) is 14.2 Å². The normalized spacial score (nSPS) is 11.4. The highest BCUT2D eigenvalue weighted by atomic mass is 16.5. The van der Waals surface area contributed by atoms with Crippen LogP contribution in [0.15, 0.2) is 42.5 Å². The van der Waals surface area contributed by atoms with Crippen molar-refractivity contribution in [3.63, 3.8) is 0 Å². The van der Waals surface area contributed by atoms with Gasteiger partial charge in [0.1, 0.15) is 11.8 Å². The van der Waals surface area contributed by atoms with E-state index in [1.165, 1.54) is 0 Å². The number of hydrogen-bond acceptors (Lipinski definition) is 5. The SMILES string of the molecule is CCCCNC(=O)C(C)N(Cc1cccc(OC)c1)C(=O)CCc1ccc(OC)c(OC)c1. The molecule has 1 atom stereocenters. The molecule has 0 fully saturated rings. The number of carbonyl (C=O) groups excluding carboxylic acids is 2. The molecule has 33 heavy (non-hydrogen) atoms. The smallest absolute Gasteiger partial charge is 0.242 e. The molecule has 0 bridgehead atoms. The van der Waals surface area contributed by atoms with Gasteiger partial charge in [0.15, 0.2) is 11.5 Å². The number of benzene rings is 2. The predicted molar refractivity (Wildman–Crippen MR) is 129 cm³/mol. The van der Waals surface area contributed by atoms with Crippen molar-refractivity contribution in [2.75, 3.05) is 27.9 Å². The number of nitrogens with one attached hydrogen (secondary N) is 1. The third-order valence-electron chi connectivity index (χ3n) is 5.56. The van der Waals surface area contributed by atoms with Gasteiger partial charge in [-0.3, -0.25) is 9.59 Å². The maximum Gasteiger partial charge on any atom is 0.242 e. The quantitative estimate of drug-likeness (QED) is 0.462. The first-order chi connectivity index (χ1) is 15.9. The molecule has 0 aliphatic rings. The second kappa shape index (κ2) is 13.4. The van der Waals surface area contributed by atoms with Crippen LogP contribution in [0.4, 0.5) is 0 Å². The summed E-state index contributed by atoms with van der Waals surface area (Å²) in [6, 6.07) is 12.6. The van der Waals surface area contributed by atoms with E-state index in [1.54, 1.807) is 33.2 Å². The first-order valence-corrected chi connectivity index (χ1v) is 11.3. The molecular formula is C26H36N2O5. The van der Waals surface area contributed by atoms with Gasteiger partial charge in [0.25, 0.3) is 0 Å². The van der Waals surface area contributed by atoms with Crippen LogP contribution in [-0.4, -0.2) is 50.6 Å². The second-order valence-electron chi connectivity index (χ2n) is 7.88. The number of unbranched alkanes of at least 4 members (excludes halogenated alkanes) is 1. The maximum absolute atomic E-state index is 13.3. The van der Waals surface area contributed by atoms with Gasteiger partial charge in [-0.2, -0.15) is 0 Å². The topological polar surface area (TPSA) is 77.1 Å². The summed E-state index contributed by atoms with van der Waals surface area (Å²) in [6.45, 7) is 4.77. The fourth-order valence-electron chi connectivity index (χ4n) is 3.52. The molecule has 7 heteroatoms. The van der Waals surface area contributed by atoms with E-state index in [0.29, 0.717) is 36.8 Å². The number of ether oxygens (including phenoxy) is 3. The summed E-state index contributed by atoms with van der Waals surface area (Å²) in [4.78, 5) is 27.7. The Morgan fingerprint density at radius 1 is 0.970 bits per heavy atom. The van der Waals surface area contributed by atoms with Crippen LogP contribution in [-0.2, 0) is 22.6 Å². The molecule has 1 N–H and O–H groups in total. The molecule has 0 aliphatic carbocycles. The Morgan fingerprint density at radius 3 is 2.39 bits per heavy atom. The van der Waals surface area contributed by atoms with Gasteiger partial charge in [0.05, 0.1) is 21.3 Å². The molecule has 2 rings (SSSR count). The van der Waals surface area contributed by atoms with Crippen molar-refractivity contribution < 1.29 is 23.8 Å². The van der Waals surface area contributed by atoms with Gasteiger partial charge in [0, 0.05) is 19.5 Å². The predicted octanol–water partition coefficient (Wildman–Crippen LogP) is 3.98. The summed E-state index contributed by atoms with van der Waals surface area (Å²) in [5, 5.41) is 2.94. The zero-order valence-corrected chi connectivity index (χ0v) is 20.3. The molecule has 2 aromatic rings. The van der Waals surface area contributed by atoms with E-state index in [0.717, 1.165) is 24.0 Å². The summed E-state index contributed by atoms with van der Waals surface area (Å²) >= 11 is 0. The Labute approximate surface area is 197 Å². The van der Waals surface area contributed by atoms with Gasteiger partial charge in [0.2, 0.25) is 11.8 Å². The Morgan fingerprint density at radius 2 is 1.73 bits per heavy atom. The Balaban J connectivity index is 2.16. The summed E-state index contributed by atoms with van der Waals surface area (Å²) in [5.41, 5.74) is 1.87. The number of amides is 2. The van der Waals surface area contributed by atoms with Crippen LogP contribution in [0.1, 0.15) is 44.2 Å². The third-order valence-corrected chi connectivity index (χ3v) is 5.56. The summed E-state index contributed by atoms with van der Waals surface area (Å²) in [7, 11) is 4.78.